The first-order chi connectivity index (χ1) is 7.94. The molecule has 1 aromatic rings. The standard InChI is InChI=1S/C12H17NO3S/c1-10-5-3-4-6-11(10)9-17(15,16)8-7-12(14)13-2/h3-6H,7-9H2,1-2H3,(H,13,14). The number of nitrogens with one attached hydrogen (secondary N) is 1. The molecule has 1 amide bonds. The number of hydrogen-bond acceptors (Lipinski definition) is 3. The van der Waals surface area contributed by atoms with Gasteiger partial charge in [0.2, 0.25) is 5.91 Å². The molecule has 4 nitrogen and oxygen atoms in total. The number of carbonyl (C=O) groups excluding carboxylic acids is 1. The summed E-state index contributed by atoms with van der Waals surface area (Å²) in [5.41, 5.74) is 1.75. The highest BCUT2D eigenvalue weighted by atomic mass is 32.2. The van der Waals surface area contributed by atoms with E-state index in [2.05, 4.69) is 5.32 Å². The van der Waals surface area contributed by atoms with Crippen LogP contribution in [0.2, 0.25) is 0 Å². The van der Waals surface area contributed by atoms with Crippen LogP contribution < -0.4 is 5.32 Å². The molecule has 0 unspecified atom stereocenters. The summed E-state index contributed by atoms with van der Waals surface area (Å²) in [4.78, 5) is 11.0. The van der Waals surface area contributed by atoms with Crippen molar-refractivity contribution in [2.24, 2.45) is 0 Å². The van der Waals surface area contributed by atoms with Crippen LogP contribution >= 0.6 is 0 Å². The molecule has 0 aliphatic carbocycles. The minimum absolute atomic E-state index is 0.00331. The molecule has 17 heavy (non-hydrogen) atoms. The lowest BCUT2D eigenvalue weighted by Gasteiger charge is -2.06. The Kier molecular flexibility index (Phi) is 4.69. The molecule has 0 fully saturated rings. The average molecular weight is 255 g/mol. The van der Waals surface area contributed by atoms with Crippen molar-refractivity contribution in [2.75, 3.05) is 12.8 Å². The maximum absolute atomic E-state index is 11.8. The third-order valence-corrected chi connectivity index (χ3v) is 4.13. The molecule has 1 N–H and O–H groups in total. The van der Waals surface area contributed by atoms with Crippen LogP contribution in [0.5, 0.6) is 0 Å². The van der Waals surface area contributed by atoms with Crippen LogP contribution in [0.25, 0.3) is 0 Å². The Morgan fingerprint density at radius 3 is 2.53 bits per heavy atom. The molecule has 0 bridgehead atoms. The van der Waals surface area contributed by atoms with Crippen LogP contribution in [0.3, 0.4) is 0 Å². The normalized spacial score (nSPS) is 11.2. The molecule has 5 heteroatoms. The van der Waals surface area contributed by atoms with Crippen LogP contribution in [0.4, 0.5) is 0 Å². The fourth-order valence-electron chi connectivity index (χ4n) is 1.45. The van der Waals surface area contributed by atoms with Gasteiger partial charge in [-0.1, -0.05) is 24.3 Å². The first kappa shape index (κ1) is 13.7. The summed E-state index contributed by atoms with van der Waals surface area (Å²) in [7, 11) is -1.73. The van der Waals surface area contributed by atoms with Crippen LogP contribution in [0, 0.1) is 6.92 Å². The fraction of sp³-hybridized carbons (Fsp3) is 0.417. The van der Waals surface area contributed by atoms with Gasteiger partial charge in [-0.3, -0.25) is 4.79 Å². The van der Waals surface area contributed by atoms with Crippen LogP contribution in [-0.4, -0.2) is 27.1 Å². The highest BCUT2D eigenvalue weighted by molar-refractivity contribution is 7.90. The number of sulfone groups is 1. The molecule has 0 atom stereocenters. The first-order valence-corrected chi connectivity index (χ1v) is 7.22. The molecule has 0 aliphatic rings. The Balaban J connectivity index is 2.67. The first-order valence-electron chi connectivity index (χ1n) is 5.40. The molecular formula is C12H17NO3S. The summed E-state index contributed by atoms with van der Waals surface area (Å²) < 4.78 is 23.6. The second-order valence-electron chi connectivity index (χ2n) is 3.94. The van der Waals surface area contributed by atoms with E-state index in [9.17, 15) is 13.2 Å². The summed E-state index contributed by atoms with van der Waals surface area (Å²) >= 11 is 0. The zero-order valence-corrected chi connectivity index (χ0v) is 10.9. The van der Waals surface area contributed by atoms with Gasteiger partial charge in [-0.2, -0.15) is 0 Å². The van der Waals surface area contributed by atoms with Crippen molar-refractivity contribution in [2.45, 2.75) is 19.1 Å². The lowest BCUT2D eigenvalue weighted by Crippen LogP contribution is -2.22. The fourth-order valence-corrected chi connectivity index (χ4v) is 2.89. The smallest absolute Gasteiger partial charge is 0.220 e. The van der Waals surface area contributed by atoms with Crippen molar-refractivity contribution >= 4 is 15.7 Å². The van der Waals surface area contributed by atoms with Gasteiger partial charge in [0, 0.05) is 13.5 Å². The van der Waals surface area contributed by atoms with Gasteiger partial charge in [0.1, 0.15) is 0 Å². The summed E-state index contributed by atoms with van der Waals surface area (Å²) in [5, 5.41) is 2.41. The van der Waals surface area contributed by atoms with E-state index in [1.807, 2.05) is 25.1 Å². The zero-order chi connectivity index (χ0) is 12.9. The number of benzene rings is 1. The molecule has 0 aliphatic heterocycles. The SMILES string of the molecule is CNC(=O)CCS(=O)(=O)Cc1ccccc1C. The molecule has 0 saturated carbocycles. The maximum atomic E-state index is 11.8. The predicted octanol–water partition coefficient (Wildman–Crippen LogP) is 1.05. The molecular weight excluding hydrogens is 238 g/mol. The van der Waals surface area contributed by atoms with E-state index in [0.717, 1.165) is 11.1 Å². The van der Waals surface area contributed by atoms with E-state index in [0.29, 0.717) is 0 Å². The van der Waals surface area contributed by atoms with Crippen molar-refractivity contribution in [1.29, 1.82) is 0 Å². The summed E-state index contributed by atoms with van der Waals surface area (Å²) in [6.07, 6.45) is 0.0186. The van der Waals surface area contributed by atoms with Crippen molar-refractivity contribution in [1.82, 2.24) is 5.32 Å². The zero-order valence-electron chi connectivity index (χ0n) is 10.1. The molecule has 1 aromatic carbocycles. The van der Waals surface area contributed by atoms with E-state index in [1.165, 1.54) is 7.05 Å². The van der Waals surface area contributed by atoms with E-state index in [4.69, 9.17) is 0 Å². The summed E-state index contributed by atoms with van der Waals surface area (Å²) in [5.74, 6) is -0.365. The van der Waals surface area contributed by atoms with E-state index in [-0.39, 0.29) is 23.8 Å². The Labute approximate surface area is 102 Å². The lowest BCUT2D eigenvalue weighted by atomic mass is 10.1. The summed E-state index contributed by atoms with van der Waals surface area (Å²) in [6, 6.07) is 7.36. The Bertz CT molecular complexity index is 494. The Hall–Kier alpha value is -1.36. The largest absolute Gasteiger partial charge is 0.359 e. The van der Waals surface area contributed by atoms with Gasteiger partial charge in [-0.25, -0.2) is 8.42 Å². The van der Waals surface area contributed by atoms with Gasteiger partial charge in [-0.15, -0.1) is 0 Å². The molecule has 0 radical (unpaired) electrons. The minimum atomic E-state index is -3.22. The second kappa shape index (κ2) is 5.82. The van der Waals surface area contributed by atoms with Gasteiger partial charge in [0.25, 0.3) is 0 Å². The predicted molar refractivity (Wildman–Crippen MR) is 67.4 cm³/mol. The van der Waals surface area contributed by atoms with E-state index >= 15 is 0 Å². The summed E-state index contributed by atoms with van der Waals surface area (Å²) in [6.45, 7) is 1.88. The molecule has 0 spiro atoms. The van der Waals surface area contributed by atoms with Crippen LogP contribution in [-0.2, 0) is 20.4 Å². The molecule has 94 valence electrons. The topological polar surface area (TPSA) is 63.2 Å². The van der Waals surface area contributed by atoms with Gasteiger partial charge in [-0.05, 0) is 18.1 Å². The Morgan fingerprint density at radius 1 is 1.29 bits per heavy atom. The number of aryl methyl sites for hydroxylation is 1. The average Bonchev–Trinajstić information content (AvgIpc) is 2.29. The third-order valence-electron chi connectivity index (χ3n) is 2.56. The maximum Gasteiger partial charge on any atom is 0.220 e. The number of carbonyl (C=O) groups is 1. The number of hydrogen-bond donors (Lipinski definition) is 1. The van der Waals surface area contributed by atoms with Gasteiger partial charge >= 0.3 is 0 Å². The van der Waals surface area contributed by atoms with Crippen molar-refractivity contribution < 1.29 is 13.2 Å². The van der Waals surface area contributed by atoms with Crippen molar-refractivity contribution in [3.8, 4) is 0 Å². The quantitative estimate of drug-likeness (QED) is 0.855. The van der Waals surface area contributed by atoms with Gasteiger partial charge in [0.15, 0.2) is 9.84 Å². The third kappa shape index (κ3) is 4.56. The molecule has 0 heterocycles. The monoisotopic (exact) mass is 255 g/mol. The molecule has 0 saturated heterocycles. The minimum Gasteiger partial charge on any atom is -0.359 e. The Morgan fingerprint density at radius 2 is 1.94 bits per heavy atom. The van der Waals surface area contributed by atoms with Crippen LogP contribution in [0.1, 0.15) is 17.5 Å². The van der Waals surface area contributed by atoms with Gasteiger partial charge in [0.05, 0.1) is 11.5 Å². The van der Waals surface area contributed by atoms with Crippen LogP contribution in [0.15, 0.2) is 24.3 Å². The number of amides is 1. The van der Waals surface area contributed by atoms with Crippen molar-refractivity contribution in [3.63, 3.8) is 0 Å². The molecule has 1 rings (SSSR count). The highest BCUT2D eigenvalue weighted by Crippen LogP contribution is 2.12. The second-order valence-corrected chi connectivity index (χ2v) is 6.13. The van der Waals surface area contributed by atoms with E-state index in [1.54, 1.807) is 6.07 Å². The van der Waals surface area contributed by atoms with Gasteiger partial charge < -0.3 is 5.32 Å². The van der Waals surface area contributed by atoms with Crippen molar-refractivity contribution in [3.05, 3.63) is 35.4 Å². The molecule has 0 aromatic heterocycles. The lowest BCUT2D eigenvalue weighted by molar-refractivity contribution is -0.120. The highest BCUT2D eigenvalue weighted by Gasteiger charge is 2.14. The number of rotatable bonds is 5. The van der Waals surface area contributed by atoms with E-state index < -0.39 is 9.84 Å².